The minimum atomic E-state index is -0.333. The lowest BCUT2D eigenvalue weighted by atomic mass is 10.4. The van der Waals surface area contributed by atoms with Gasteiger partial charge in [0.25, 0.3) is 0 Å². The predicted molar refractivity (Wildman–Crippen MR) is 81.1 cm³/mol. The van der Waals surface area contributed by atoms with E-state index in [1.54, 1.807) is 30.4 Å². The second-order valence-electron chi connectivity index (χ2n) is 3.73. The normalized spacial score (nSPS) is 22.5. The number of hydrogen-bond donors (Lipinski definition) is 0. The molecule has 1 heterocycles. The molecule has 0 aromatic heterocycles. The van der Waals surface area contributed by atoms with E-state index in [0.29, 0.717) is 22.0 Å². The van der Waals surface area contributed by atoms with Crippen molar-refractivity contribution in [3.63, 3.8) is 0 Å². The van der Waals surface area contributed by atoms with Gasteiger partial charge < -0.3 is 4.74 Å². The molecule has 1 saturated heterocycles. The molecule has 0 bridgehead atoms. The zero-order valence-electron chi connectivity index (χ0n) is 10.2. The first-order valence-electron chi connectivity index (χ1n) is 5.41. The standard InChI is InChI=1S/C12H16O3S3/c1-4-10(13)16-7-11-17-6-9(18-11)5-15-12(14)8(2)3/h4,9,11H,1-2,5-7H2,3H3. The van der Waals surface area contributed by atoms with Crippen LogP contribution in [0.25, 0.3) is 0 Å². The molecule has 0 amide bonds. The van der Waals surface area contributed by atoms with E-state index in [4.69, 9.17) is 4.74 Å². The summed E-state index contributed by atoms with van der Waals surface area (Å²) in [6.07, 6.45) is 1.33. The van der Waals surface area contributed by atoms with Crippen molar-refractivity contribution in [1.29, 1.82) is 0 Å². The summed E-state index contributed by atoms with van der Waals surface area (Å²) in [5, 5.41) is 0.316. The summed E-state index contributed by atoms with van der Waals surface area (Å²) in [4.78, 5) is 22.3. The number of ether oxygens (including phenoxy) is 1. The molecule has 1 rings (SSSR count). The van der Waals surface area contributed by atoms with Crippen molar-refractivity contribution in [1.82, 2.24) is 0 Å². The molecule has 1 aliphatic rings. The van der Waals surface area contributed by atoms with Gasteiger partial charge in [-0.05, 0) is 13.0 Å². The third-order valence-corrected chi connectivity index (χ3v) is 6.71. The Balaban J connectivity index is 2.21. The van der Waals surface area contributed by atoms with Crippen molar-refractivity contribution in [3.8, 4) is 0 Å². The van der Waals surface area contributed by atoms with Crippen molar-refractivity contribution >= 4 is 46.4 Å². The quantitative estimate of drug-likeness (QED) is 0.555. The number of hydrogen-bond acceptors (Lipinski definition) is 6. The molecular weight excluding hydrogens is 288 g/mol. The van der Waals surface area contributed by atoms with Gasteiger partial charge in [0.2, 0.25) is 5.12 Å². The number of carbonyl (C=O) groups excluding carboxylic acids is 2. The van der Waals surface area contributed by atoms with Gasteiger partial charge in [0, 0.05) is 22.3 Å². The van der Waals surface area contributed by atoms with Crippen molar-refractivity contribution in [3.05, 3.63) is 24.8 Å². The van der Waals surface area contributed by atoms with Gasteiger partial charge in [0.1, 0.15) is 6.61 Å². The van der Waals surface area contributed by atoms with E-state index in [-0.39, 0.29) is 11.1 Å². The topological polar surface area (TPSA) is 43.4 Å². The fourth-order valence-corrected chi connectivity index (χ4v) is 5.38. The highest BCUT2D eigenvalue weighted by Crippen LogP contribution is 2.39. The van der Waals surface area contributed by atoms with Crippen molar-refractivity contribution in [2.24, 2.45) is 0 Å². The van der Waals surface area contributed by atoms with Crippen LogP contribution in [0.5, 0.6) is 0 Å². The van der Waals surface area contributed by atoms with Gasteiger partial charge in [-0.3, -0.25) is 4.79 Å². The molecular formula is C12H16O3S3. The average Bonchev–Trinajstić information content (AvgIpc) is 2.80. The number of rotatable bonds is 6. The highest BCUT2D eigenvalue weighted by atomic mass is 32.2. The Kier molecular flexibility index (Phi) is 6.96. The van der Waals surface area contributed by atoms with Crippen LogP contribution in [0.1, 0.15) is 6.92 Å². The van der Waals surface area contributed by atoms with Gasteiger partial charge in [-0.1, -0.05) is 24.9 Å². The van der Waals surface area contributed by atoms with Crippen LogP contribution in [0.3, 0.4) is 0 Å². The summed E-state index contributed by atoms with van der Waals surface area (Å²) in [6.45, 7) is 9.03. The van der Waals surface area contributed by atoms with Gasteiger partial charge in [-0.25, -0.2) is 4.79 Å². The molecule has 3 nitrogen and oxygen atoms in total. The summed E-state index contributed by atoms with van der Waals surface area (Å²) in [5.74, 6) is 1.38. The van der Waals surface area contributed by atoms with Crippen LogP contribution in [0.4, 0.5) is 0 Å². The molecule has 0 radical (unpaired) electrons. The number of thioether (sulfide) groups is 3. The Bertz CT molecular complexity index is 354. The zero-order valence-corrected chi connectivity index (χ0v) is 12.7. The van der Waals surface area contributed by atoms with Crippen LogP contribution in [-0.2, 0) is 14.3 Å². The molecule has 6 heteroatoms. The van der Waals surface area contributed by atoms with E-state index in [1.165, 1.54) is 17.8 Å². The summed E-state index contributed by atoms with van der Waals surface area (Å²) in [7, 11) is 0. The van der Waals surface area contributed by atoms with Crippen LogP contribution in [-0.4, -0.2) is 39.0 Å². The fourth-order valence-electron chi connectivity index (χ4n) is 1.18. The first-order valence-corrected chi connectivity index (χ1v) is 8.39. The predicted octanol–water partition coefficient (Wildman–Crippen LogP) is 2.73. The third kappa shape index (κ3) is 5.54. The molecule has 2 unspecified atom stereocenters. The van der Waals surface area contributed by atoms with Crippen molar-refractivity contribution in [2.75, 3.05) is 18.1 Å². The fraction of sp³-hybridized carbons (Fsp3) is 0.500. The zero-order chi connectivity index (χ0) is 13.5. The van der Waals surface area contributed by atoms with E-state index in [2.05, 4.69) is 13.2 Å². The maximum absolute atomic E-state index is 11.2. The van der Waals surface area contributed by atoms with Crippen LogP contribution < -0.4 is 0 Å². The summed E-state index contributed by atoms with van der Waals surface area (Å²) >= 11 is 4.85. The maximum atomic E-state index is 11.2. The molecule has 0 spiro atoms. The van der Waals surface area contributed by atoms with Crippen LogP contribution in [0.2, 0.25) is 0 Å². The summed E-state index contributed by atoms with van der Waals surface area (Å²) in [6, 6.07) is 0. The van der Waals surface area contributed by atoms with E-state index in [0.717, 1.165) is 11.5 Å². The van der Waals surface area contributed by atoms with Crippen LogP contribution in [0.15, 0.2) is 24.8 Å². The third-order valence-electron chi connectivity index (χ3n) is 2.09. The van der Waals surface area contributed by atoms with Gasteiger partial charge in [-0.15, -0.1) is 23.5 Å². The minimum Gasteiger partial charge on any atom is -0.461 e. The summed E-state index contributed by atoms with van der Waals surface area (Å²) < 4.78 is 5.50. The number of carbonyl (C=O) groups is 2. The molecule has 0 N–H and O–H groups in total. The van der Waals surface area contributed by atoms with E-state index in [9.17, 15) is 9.59 Å². The molecule has 100 valence electrons. The van der Waals surface area contributed by atoms with Gasteiger partial charge in [-0.2, -0.15) is 0 Å². The largest absolute Gasteiger partial charge is 0.461 e. The number of esters is 1. The van der Waals surface area contributed by atoms with Crippen molar-refractivity contribution in [2.45, 2.75) is 16.8 Å². The molecule has 1 fully saturated rings. The van der Waals surface area contributed by atoms with Gasteiger partial charge >= 0.3 is 5.97 Å². The second kappa shape index (κ2) is 7.96. The lowest BCUT2D eigenvalue weighted by Crippen LogP contribution is -2.16. The first kappa shape index (κ1) is 15.7. The van der Waals surface area contributed by atoms with Crippen LogP contribution in [0, 0.1) is 0 Å². The molecule has 1 aliphatic heterocycles. The Morgan fingerprint density at radius 1 is 1.56 bits per heavy atom. The first-order chi connectivity index (χ1) is 8.52. The van der Waals surface area contributed by atoms with Gasteiger partial charge in [0.05, 0.1) is 4.58 Å². The maximum Gasteiger partial charge on any atom is 0.333 e. The average molecular weight is 304 g/mol. The minimum absolute atomic E-state index is 0.00774. The molecule has 2 atom stereocenters. The lowest BCUT2D eigenvalue weighted by molar-refractivity contribution is -0.138. The Morgan fingerprint density at radius 2 is 2.28 bits per heavy atom. The van der Waals surface area contributed by atoms with E-state index >= 15 is 0 Å². The SMILES string of the molecule is C=CC(=O)SCC1SCC(COC(=O)C(=C)C)S1. The highest BCUT2D eigenvalue weighted by Gasteiger charge is 2.27. The van der Waals surface area contributed by atoms with Crippen LogP contribution >= 0.6 is 35.3 Å². The Morgan fingerprint density at radius 3 is 2.89 bits per heavy atom. The monoisotopic (exact) mass is 304 g/mol. The van der Waals surface area contributed by atoms with Gasteiger partial charge in [0.15, 0.2) is 0 Å². The molecule has 0 saturated carbocycles. The van der Waals surface area contributed by atoms with E-state index in [1.807, 2.05) is 0 Å². The smallest absolute Gasteiger partial charge is 0.333 e. The van der Waals surface area contributed by atoms with E-state index < -0.39 is 0 Å². The summed E-state index contributed by atoms with van der Waals surface area (Å²) in [5.41, 5.74) is 0.425. The Hall–Kier alpha value is -0.330. The molecule has 0 aromatic rings. The Labute approximate surface area is 120 Å². The highest BCUT2D eigenvalue weighted by molar-refractivity contribution is 8.22. The molecule has 0 aromatic carbocycles. The second-order valence-corrected chi connectivity index (χ2v) is 7.80. The lowest BCUT2D eigenvalue weighted by Gasteiger charge is -2.10. The van der Waals surface area contributed by atoms with Crippen molar-refractivity contribution < 1.29 is 14.3 Å². The molecule has 0 aliphatic carbocycles. The molecule has 18 heavy (non-hydrogen) atoms.